The number of rotatable bonds is 8. The highest BCUT2D eigenvalue weighted by Crippen LogP contribution is 2.36. The maximum absolute atomic E-state index is 5.97. The van der Waals surface area contributed by atoms with Gasteiger partial charge in [0.1, 0.15) is 0 Å². The molecule has 1 aliphatic carbocycles. The Labute approximate surface area is 122 Å². The van der Waals surface area contributed by atoms with Crippen LogP contribution in [0.5, 0.6) is 0 Å². The zero-order valence-electron chi connectivity index (χ0n) is 13.2. The molecule has 20 heavy (non-hydrogen) atoms. The predicted octanol–water partition coefficient (Wildman–Crippen LogP) is 2.77. The van der Waals surface area contributed by atoms with Crippen LogP contribution < -0.4 is 5.32 Å². The molecule has 1 aromatic heterocycles. The van der Waals surface area contributed by atoms with Crippen molar-refractivity contribution in [2.75, 3.05) is 13.7 Å². The van der Waals surface area contributed by atoms with Crippen molar-refractivity contribution in [2.24, 2.45) is 0 Å². The van der Waals surface area contributed by atoms with Crippen molar-refractivity contribution >= 4 is 0 Å². The first kappa shape index (κ1) is 15.5. The van der Waals surface area contributed by atoms with Gasteiger partial charge in [-0.3, -0.25) is 4.68 Å². The summed E-state index contributed by atoms with van der Waals surface area (Å²) in [7, 11) is 1.88. The molecule has 1 aliphatic rings. The normalized spacial score (nSPS) is 19.4. The van der Waals surface area contributed by atoms with Crippen LogP contribution in [0.2, 0.25) is 0 Å². The van der Waals surface area contributed by atoms with E-state index in [1.165, 1.54) is 31.2 Å². The molecule has 0 amide bonds. The Morgan fingerprint density at radius 1 is 1.40 bits per heavy atom. The third kappa shape index (κ3) is 3.41. The molecule has 0 bridgehead atoms. The van der Waals surface area contributed by atoms with Gasteiger partial charge >= 0.3 is 0 Å². The lowest BCUT2D eigenvalue weighted by atomic mass is 9.88. The third-order valence-corrected chi connectivity index (χ3v) is 4.58. The molecule has 1 N–H and O–H groups in total. The van der Waals surface area contributed by atoms with Crippen LogP contribution in [0.15, 0.2) is 12.4 Å². The van der Waals surface area contributed by atoms with E-state index < -0.39 is 0 Å². The molecule has 1 saturated carbocycles. The molecular formula is C16H29N3O. The highest BCUT2D eigenvalue weighted by Gasteiger charge is 2.41. The number of aryl methyl sites for hydroxylation is 1. The first-order chi connectivity index (χ1) is 9.74. The fourth-order valence-electron chi connectivity index (χ4n) is 3.35. The van der Waals surface area contributed by atoms with E-state index in [1.54, 1.807) is 0 Å². The average molecular weight is 279 g/mol. The fourth-order valence-corrected chi connectivity index (χ4v) is 3.35. The highest BCUT2D eigenvalue weighted by molar-refractivity contribution is 5.10. The summed E-state index contributed by atoms with van der Waals surface area (Å²) in [5.41, 5.74) is 1.33. The van der Waals surface area contributed by atoms with Crippen LogP contribution in [0.3, 0.4) is 0 Å². The maximum Gasteiger partial charge on any atom is 0.0834 e. The summed E-state index contributed by atoms with van der Waals surface area (Å²) in [4.78, 5) is 0. The Hall–Kier alpha value is -0.870. The second-order valence-electron chi connectivity index (χ2n) is 5.89. The summed E-state index contributed by atoms with van der Waals surface area (Å²) >= 11 is 0. The van der Waals surface area contributed by atoms with Gasteiger partial charge in [-0.05, 0) is 44.7 Å². The van der Waals surface area contributed by atoms with Gasteiger partial charge in [-0.15, -0.1) is 0 Å². The lowest BCUT2D eigenvalue weighted by Crippen LogP contribution is -2.52. The molecule has 1 unspecified atom stereocenters. The molecule has 1 heterocycles. The van der Waals surface area contributed by atoms with Crippen molar-refractivity contribution in [3.8, 4) is 0 Å². The van der Waals surface area contributed by atoms with E-state index in [4.69, 9.17) is 4.74 Å². The number of ether oxygens (including phenoxy) is 1. The van der Waals surface area contributed by atoms with Crippen molar-refractivity contribution in [3.05, 3.63) is 18.0 Å². The van der Waals surface area contributed by atoms with Crippen LogP contribution in [-0.2, 0) is 17.7 Å². The summed E-state index contributed by atoms with van der Waals surface area (Å²) in [6.45, 7) is 6.32. The standard InChI is InChI=1S/C16H29N3O/c1-4-10-17-15(16(20-3)8-6-7-9-16)11-14-12-18-19(5-2)13-14/h12-13,15,17H,4-11H2,1-3H3. The van der Waals surface area contributed by atoms with Crippen molar-refractivity contribution in [3.63, 3.8) is 0 Å². The number of hydrogen-bond acceptors (Lipinski definition) is 3. The van der Waals surface area contributed by atoms with Gasteiger partial charge in [-0.25, -0.2) is 0 Å². The molecule has 4 nitrogen and oxygen atoms in total. The third-order valence-electron chi connectivity index (χ3n) is 4.58. The molecule has 0 saturated heterocycles. The smallest absolute Gasteiger partial charge is 0.0834 e. The monoisotopic (exact) mass is 279 g/mol. The van der Waals surface area contributed by atoms with Crippen LogP contribution in [0, 0.1) is 0 Å². The number of methoxy groups -OCH3 is 1. The van der Waals surface area contributed by atoms with Gasteiger partial charge in [0.05, 0.1) is 11.8 Å². The molecule has 0 aromatic carbocycles. The average Bonchev–Trinajstić information content (AvgIpc) is 3.12. The van der Waals surface area contributed by atoms with E-state index in [2.05, 4.69) is 30.5 Å². The van der Waals surface area contributed by atoms with Crippen LogP contribution in [0.25, 0.3) is 0 Å². The van der Waals surface area contributed by atoms with Crippen LogP contribution in [0.1, 0.15) is 51.5 Å². The maximum atomic E-state index is 5.97. The zero-order chi connectivity index (χ0) is 14.4. The summed E-state index contributed by atoms with van der Waals surface area (Å²) < 4.78 is 7.97. The quantitative estimate of drug-likeness (QED) is 0.795. The van der Waals surface area contributed by atoms with Crippen molar-refractivity contribution < 1.29 is 4.74 Å². The minimum Gasteiger partial charge on any atom is -0.377 e. The molecule has 114 valence electrons. The fraction of sp³-hybridized carbons (Fsp3) is 0.812. The van der Waals surface area contributed by atoms with E-state index in [1.807, 2.05) is 18.0 Å². The van der Waals surface area contributed by atoms with E-state index in [-0.39, 0.29) is 5.60 Å². The molecule has 1 aromatic rings. The lowest BCUT2D eigenvalue weighted by molar-refractivity contribution is -0.0354. The number of hydrogen-bond donors (Lipinski definition) is 1. The summed E-state index contributed by atoms with van der Waals surface area (Å²) in [6.07, 6.45) is 11.2. The van der Waals surface area contributed by atoms with Crippen molar-refractivity contribution in [2.45, 2.75) is 70.6 Å². The van der Waals surface area contributed by atoms with Gasteiger partial charge in [0.15, 0.2) is 0 Å². The largest absolute Gasteiger partial charge is 0.377 e. The second-order valence-corrected chi connectivity index (χ2v) is 5.89. The number of nitrogens with one attached hydrogen (secondary N) is 1. The summed E-state index contributed by atoms with van der Waals surface area (Å²) in [6, 6.07) is 0.393. The molecule has 0 aliphatic heterocycles. The Kier molecular flexibility index (Phi) is 5.61. The molecular weight excluding hydrogens is 250 g/mol. The second kappa shape index (κ2) is 7.23. The van der Waals surface area contributed by atoms with E-state index in [9.17, 15) is 0 Å². The Balaban J connectivity index is 2.09. The first-order valence-electron chi connectivity index (χ1n) is 8.04. The van der Waals surface area contributed by atoms with Crippen LogP contribution in [-0.4, -0.2) is 35.1 Å². The summed E-state index contributed by atoms with van der Waals surface area (Å²) in [5.74, 6) is 0. The lowest BCUT2D eigenvalue weighted by Gasteiger charge is -2.37. The minimum absolute atomic E-state index is 0.0173. The summed E-state index contributed by atoms with van der Waals surface area (Å²) in [5, 5.41) is 8.11. The predicted molar refractivity (Wildman–Crippen MR) is 81.9 cm³/mol. The molecule has 0 spiro atoms. The SMILES string of the molecule is CCCNC(Cc1cnn(CC)c1)C1(OC)CCCC1. The minimum atomic E-state index is 0.0173. The molecule has 0 radical (unpaired) electrons. The topological polar surface area (TPSA) is 39.1 Å². The molecule has 1 fully saturated rings. The van der Waals surface area contributed by atoms with Crippen LogP contribution in [0.4, 0.5) is 0 Å². The van der Waals surface area contributed by atoms with Crippen molar-refractivity contribution in [1.29, 1.82) is 0 Å². The van der Waals surface area contributed by atoms with E-state index in [0.29, 0.717) is 6.04 Å². The van der Waals surface area contributed by atoms with Gasteiger partial charge in [0.25, 0.3) is 0 Å². The Bertz CT molecular complexity index is 396. The van der Waals surface area contributed by atoms with Gasteiger partial charge in [-0.1, -0.05) is 19.8 Å². The molecule has 2 rings (SSSR count). The van der Waals surface area contributed by atoms with Gasteiger partial charge in [0.2, 0.25) is 0 Å². The van der Waals surface area contributed by atoms with Gasteiger partial charge in [-0.2, -0.15) is 5.10 Å². The van der Waals surface area contributed by atoms with E-state index >= 15 is 0 Å². The first-order valence-corrected chi connectivity index (χ1v) is 8.04. The van der Waals surface area contributed by atoms with E-state index in [0.717, 1.165) is 25.9 Å². The van der Waals surface area contributed by atoms with Crippen molar-refractivity contribution in [1.82, 2.24) is 15.1 Å². The Morgan fingerprint density at radius 2 is 2.15 bits per heavy atom. The highest BCUT2D eigenvalue weighted by atomic mass is 16.5. The number of aromatic nitrogens is 2. The van der Waals surface area contributed by atoms with Gasteiger partial charge < -0.3 is 10.1 Å². The zero-order valence-corrected chi connectivity index (χ0v) is 13.2. The Morgan fingerprint density at radius 3 is 2.70 bits per heavy atom. The van der Waals surface area contributed by atoms with Gasteiger partial charge in [0, 0.05) is 25.9 Å². The van der Waals surface area contributed by atoms with Crippen LogP contribution >= 0.6 is 0 Å². The molecule has 1 atom stereocenters. The molecule has 4 heteroatoms. The number of nitrogens with zero attached hydrogens (tertiary/aromatic N) is 2.